The Labute approximate surface area is 112 Å². The summed E-state index contributed by atoms with van der Waals surface area (Å²) in [5, 5.41) is 16.8. The molecular formula is C12H10FN3O4. The molecule has 0 radical (unpaired) electrons. The van der Waals surface area contributed by atoms with Crippen molar-refractivity contribution in [1.82, 2.24) is 4.98 Å². The van der Waals surface area contributed by atoms with E-state index in [9.17, 15) is 9.18 Å². The van der Waals surface area contributed by atoms with Gasteiger partial charge in [-0.15, -0.1) is 4.91 Å². The summed E-state index contributed by atoms with van der Waals surface area (Å²) >= 11 is 0. The summed E-state index contributed by atoms with van der Waals surface area (Å²) in [4.78, 5) is 23.0. The molecule has 0 fully saturated rings. The number of carboxylic acids is 1. The van der Waals surface area contributed by atoms with E-state index in [0.29, 0.717) is 11.3 Å². The first-order chi connectivity index (χ1) is 9.47. The SMILES string of the molecule is Nc1cc(C(=O)O)cc(-c2ccc(F)cc2)n1.O=NO. The van der Waals surface area contributed by atoms with Crippen molar-refractivity contribution in [2.24, 2.45) is 5.34 Å². The maximum atomic E-state index is 12.7. The Balaban J connectivity index is 0.000000612. The number of carbonyl (C=O) groups is 1. The van der Waals surface area contributed by atoms with E-state index in [4.69, 9.17) is 21.0 Å². The fraction of sp³-hybridized carbons (Fsp3) is 0. The van der Waals surface area contributed by atoms with Crippen LogP contribution in [0.4, 0.5) is 10.2 Å². The van der Waals surface area contributed by atoms with Gasteiger partial charge in [0.05, 0.1) is 11.3 Å². The summed E-state index contributed by atoms with van der Waals surface area (Å²) in [5.74, 6) is -1.33. The largest absolute Gasteiger partial charge is 0.478 e. The van der Waals surface area contributed by atoms with Crippen LogP contribution in [0.1, 0.15) is 10.4 Å². The number of nitrogen functional groups attached to an aromatic ring is 1. The number of anilines is 1. The molecule has 104 valence electrons. The molecule has 1 aromatic heterocycles. The molecule has 4 N–H and O–H groups in total. The van der Waals surface area contributed by atoms with Crippen molar-refractivity contribution >= 4 is 11.8 Å². The van der Waals surface area contributed by atoms with Crippen LogP contribution < -0.4 is 5.73 Å². The normalized spacial score (nSPS) is 9.25. The number of nitrogens with zero attached hydrogens (tertiary/aromatic N) is 2. The molecule has 0 aliphatic rings. The van der Waals surface area contributed by atoms with Gasteiger partial charge < -0.3 is 16.0 Å². The van der Waals surface area contributed by atoms with E-state index in [2.05, 4.69) is 4.98 Å². The summed E-state index contributed by atoms with van der Waals surface area (Å²) in [6.07, 6.45) is 0. The van der Waals surface area contributed by atoms with Crippen LogP contribution in [-0.2, 0) is 0 Å². The van der Waals surface area contributed by atoms with Gasteiger partial charge in [-0.05, 0) is 36.4 Å². The Hall–Kier alpha value is -3.03. The lowest BCUT2D eigenvalue weighted by molar-refractivity contribution is 0.0697. The molecule has 2 rings (SSSR count). The first kappa shape index (κ1) is 15.0. The molecule has 1 aromatic carbocycles. The summed E-state index contributed by atoms with van der Waals surface area (Å²) in [5.41, 5.74) is 6.59. The van der Waals surface area contributed by atoms with Crippen LogP contribution in [0.15, 0.2) is 41.7 Å². The quantitative estimate of drug-likeness (QED) is 0.572. The zero-order chi connectivity index (χ0) is 15.1. The molecule has 0 unspecified atom stereocenters. The number of nitrogens with two attached hydrogens (primary N) is 1. The number of halogens is 1. The van der Waals surface area contributed by atoms with E-state index in [-0.39, 0.29) is 17.2 Å². The van der Waals surface area contributed by atoms with Crippen LogP contribution in [0.2, 0.25) is 0 Å². The smallest absolute Gasteiger partial charge is 0.335 e. The highest BCUT2D eigenvalue weighted by molar-refractivity contribution is 5.89. The molecule has 8 heteroatoms. The fourth-order valence-electron chi connectivity index (χ4n) is 1.44. The molecule has 0 spiro atoms. The average molecular weight is 279 g/mol. The number of pyridine rings is 1. The van der Waals surface area contributed by atoms with Crippen LogP contribution in [0.5, 0.6) is 0 Å². The number of aromatic carboxylic acids is 1. The van der Waals surface area contributed by atoms with E-state index in [1.807, 2.05) is 0 Å². The average Bonchev–Trinajstić information content (AvgIpc) is 2.39. The maximum Gasteiger partial charge on any atom is 0.335 e. The highest BCUT2D eigenvalue weighted by atomic mass is 19.1. The zero-order valence-corrected chi connectivity index (χ0v) is 10.0. The molecule has 0 saturated heterocycles. The third-order valence-corrected chi connectivity index (χ3v) is 2.23. The van der Waals surface area contributed by atoms with Gasteiger partial charge in [-0.1, -0.05) is 0 Å². The highest BCUT2D eigenvalue weighted by Gasteiger charge is 2.08. The summed E-state index contributed by atoms with van der Waals surface area (Å²) in [6.45, 7) is 0. The molecule has 0 atom stereocenters. The molecule has 0 saturated carbocycles. The molecule has 0 bridgehead atoms. The van der Waals surface area contributed by atoms with Crippen molar-refractivity contribution in [2.75, 3.05) is 5.73 Å². The first-order valence-electron chi connectivity index (χ1n) is 5.21. The van der Waals surface area contributed by atoms with Gasteiger partial charge in [-0.3, -0.25) is 0 Å². The zero-order valence-electron chi connectivity index (χ0n) is 10.0. The van der Waals surface area contributed by atoms with Gasteiger partial charge in [0.25, 0.3) is 0 Å². The first-order valence-corrected chi connectivity index (χ1v) is 5.21. The van der Waals surface area contributed by atoms with Crippen LogP contribution in [-0.4, -0.2) is 21.3 Å². The lowest BCUT2D eigenvalue weighted by Gasteiger charge is -2.04. The monoisotopic (exact) mass is 279 g/mol. The number of benzene rings is 1. The lowest BCUT2D eigenvalue weighted by atomic mass is 10.1. The van der Waals surface area contributed by atoms with Crippen LogP contribution >= 0.6 is 0 Å². The molecule has 0 amide bonds. The van der Waals surface area contributed by atoms with Crippen molar-refractivity contribution in [2.45, 2.75) is 0 Å². The Morgan fingerprint density at radius 1 is 1.25 bits per heavy atom. The van der Waals surface area contributed by atoms with Crippen LogP contribution in [0, 0.1) is 10.7 Å². The topological polar surface area (TPSA) is 126 Å². The van der Waals surface area contributed by atoms with Crippen molar-refractivity contribution < 1.29 is 19.5 Å². The molecule has 0 aliphatic heterocycles. The Morgan fingerprint density at radius 3 is 2.30 bits per heavy atom. The predicted octanol–water partition coefficient (Wildman–Crippen LogP) is 2.31. The summed E-state index contributed by atoms with van der Waals surface area (Å²) in [7, 11) is 0. The predicted molar refractivity (Wildman–Crippen MR) is 68.6 cm³/mol. The van der Waals surface area contributed by atoms with Crippen molar-refractivity contribution in [3.8, 4) is 11.3 Å². The van der Waals surface area contributed by atoms with E-state index < -0.39 is 5.97 Å². The highest BCUT2D eigenvalue weighted by Crippen LogP contribution is 2.20. The molecular weight excluding hydrogens is 269 g/mol. The summed E-state index contributed by atoms with van der Waals surface area (Å²) in [6, 6.07) is 8.26. The third kappa shape index (κ3) is 4.02. The minimum atomic E-state index is -1.08. The Kier molecular flexibility index (Phi) is 5.10. The van der Waals surface area contributed by atoms with Crippen molar-refractivity contribution in [3.63, 3.8) is 0 Å². The maximum absolute atomic E-state index is 12.7. The second-order valence-electron chi connectivity index (χ2n) is 3.56. The van der Waals surface area contributed by atoms with Crippen molar-refractivity contribution in [3.05, 3.63) is 52.7 Å². The number of aromatic nitrogens is 1. The van der Waals surface area contributed by atoms with E-state index in [1.54, 1.807) is 0 Å². The Bertz CT molecular complexity index is 617. The molecule has 0 aliphatic carbocycles. The number of carboxylic acid groups (broad SMARTS) is 1. The number of rotatable bonds is 2. The van der Waals surface area contributed by atoms with Gasteiger partial charge in [-0.25, -0.2) is 14.2 Å². The Morgan fingerprint density at radius 2 is 1.80 bits per heavy atom. The fourth-order valence-corrected chi connectivity index (χ4v) is 1.44. The molecule has 1 heterocycles. The lowest BCUT2D eigenvalue weighted by Crippen LogP contribution is -2.01. The summed E-state index contributed by atoms with van der Waals surface area (Å²) < 4.78 is 12.7. The van der Waals surface area contributed by atoms with Gasteiger partial charge in [0.2, 0.25) is 0 Å². The second kappa shape index (κ2) is 6.78. The molecule has 20 heavy (non-hydrogen) atoms. The van der Waals surface area contributed by atoms with Gasteiger partial charge in [0, 0.05) is 5.56 Å². The minimum Gasteiger partial charge on any atom is -0.478 e. The van der Waals surface area contributed by atoms with Gasteiger partial charge in [0.15, 0.2) is 5.34 Å². The van der Waals surface area contributed by atoms with Crippen molar-refractivity contribution in [1.29, 1.82) is 0 Å². The van der Waals surface area contributed by atoms with Gasteiger partial charge in [0.1, 0.15) is 11.6 Å². The second-order valence-corrected chi connectivity index (χ2v) is 3.56. The van der Waals surface area contributed by atoms with E-state index in [0.717, 1.165) is 0 Å². The standard InChI is InChI=1S/C12H9FN2O2.HNO2/c13-9-3-1-7(2-4-9)10-5-8(12(16)17)6-11(14)15-10;2-1-3/h1-6H,(H2,14,15)(H,16,17);(H,2,3). The molecule has 7 nitrogen and oxygen atoms in total. The van der Waals surface area contributed by atoms with E-state index in [1.165, 1.54) is 41.7 Å². The minimum absolute atomic E-state index is 0.0526. The number of hydrogen-bond acceptors (Lipinski definition) is 5. The van der Waals surface area contributed by atoms with Crippen LogP contribution in [0.25, 0.3) is 11.3 Å². The van der Waals surface area contributed by atoms with Gasteiger partial charge >= 0.3 is 5.97 Å². The van der Waals surface area contributed by atoms with E-state index >= 15 is 0 Å². The number of hydrogen-bond donors (Lipinski definition) is 3. The van der Waals surface area contributed by atoms with Crippen LogP contribution in [0.3, 0.4) is 0 Å². The molecule has 2 aromatic rings. The van der Waals surface area contributed by atoms with Gasteiger partial charge in [-0.2, -0.15) is 0 Å². The third-order valence-electron chi connectivity index (χ3n) is 2.23.